The van der Waals surface area contributed by atoms with E-state index in [1.807, 2.05) is 6.92 Å². The Bertz CT molecular complexity index is 293. The van der Waals surface area contributed by atoms with Crippen LogP contribution in [0.25, 0.3) is 0 Å². The molecule has 0 aliphatic heterocycles. The number of hydrogen-bond donors (Lipinski definition) is 0. The molecule has 0 unspecified atom stereocenters. The lowest BCUT2D eigenvalue weighted by atomic mass is 10.5. The van der Waals surface area contributed by atoms with Gasteiger partial charge in [-0.1, -0.05) is 23.2 Å². The molecule has 1 aromatic heterocycles. The van der Waals surface area contributed by atoms with Gasteiger partial charge in [-0.3, -0.25) is 0 Å². The molecule has 0 radical (unpaired) electrons. The average Bonchev–Trinajstić information content (AvgIpc) is 2.07. The molecular formula is C7H6Cl2INO. The first-order chi connectivity index (χ1) is 5.66. The normalized spacial score (nSPS) is 10.0. The summed E-state index contributed by atoms with van der Waals surface area (Å²) in [5, 5.41) is 1.02. The van der Waals surface area contributed by atoms with Crippen LogP contribution in [0.15, 0.2) is 6.20 Å². The van der Waals surface area contributed by atoms with Gasteiger partial charge >= 0.3 is 0 Å². The highest BCUT2D eigenvalue weighted by atomic mass is 127. The quantitative estimate of drug-likeness (QED) is 0.780. The Morgan fingerprint density at radius 3 is 2.83 bits per heavy atom. The van der Waals surface area contributed by atoms with Crippen LogP contribution in [0.1, 0.15) is 6.92 Å². The van der Waals surface area contributed by atoms with Crippen LogP contribution in [-0.2, 0) is 0 Å². The molecule has 0 amide bonds. The molecule has 0 aliphatic carbocycles. The number of pyridine rings is 1. The maximum atomic E-state index is 5.90. The Labute approximate surface area is 94.4 Å². The molecule has 1 rings (SSSR count). The molecule has 0 atom stereocenters. The van der Waals surface area contributed by atoms with E-state index in [1.54, 1.807) is 0 Å². The fraction of sp³-hybridized carbons (Fsp3) is 0.286. The number of ether oxygens (including phenoxy) is 1. The molecule has 0 aromatic carbocycles. The van der Waals surface area contributed by atoms with Crippen molar-refractivity contribution in [1.82, 2.24) is 4.98 Å². The summed E-state index contributed by atoms with van der Waals surface area (Å²) >= 11 is 13.7. The van der Waals surface area contributed by atoms with Gasteiger partial charge in [-0.15, -0.1) is 0 Å². The van der Waals surface area contributed by atoms with Crippen LogP contribution in [0.5, 0.6) is 5.88 Å². The van der Waals surface area contributed by atoms with E-state index in [1.165, 1.54) is 6.20 Å². The first kappa shape index (κ1) is 10.3. The molecule has 0 fully saturated rings. The predicted octanol–water partition coefficient (Wildman–Crippen LogP) is 3.39. The highest BCUT2D eigenvalue weighted by Crippen LogP contribution is 2.31. The van der Waals surface area contributed by atoms with E-state index in [0.717, 1.165) is 3.57 Å². The van der Waals surface area contributed by atoms with Crippen LogP contribution in [-0.4, -0.2) is 11.6 Å². The van der Waals surface area contributed by atoms with Crippen molar-refractivity contribution in [2.75, 3.05) is 6.61 Å². The van der Waals surface area contributed by atoms with Crippen molar-refractivity contribution < 1.29 is 4.74 Å². The third kappa shape index (κ3) is 2.14. The van der Waals surface area contributed by atoms with Crippen molar-refractivity contribution in [1.29, 1.82) is 0 Å². The van der Waals surface area contributed by atoms with Crippen LogP contribution >= 0.6 is 45.8 Å². The molecule has 0 spiro atoms. The second kappa shape index (κ2) is 4.48. The smallest absolute Gasteiger partial charge is 0.233 e. The van der Waals surface area contributed by atoms with Crippen LogP contribution in [0.2, 0.25) is 10.0 Å². The van der Waals surface area contributed by atoms with Crippen molar-refractivity contribution in [3.8, 4) is 5.88 Å². The third-order valence-electron chi connectivity index (χ3n) is 1.17. The molecular weight excluding hydrogens is 312 g/mol. The lowest BCUT2D eigenvalue weighted by Crippen LogP contribution is -1.96. The average molecular weight is 318 g/mol. The summed E-state index contributed by atoms with van der Waals surface area (Å²) in [6.07, 6.45) is 1.53. The van der Waals surface area contributed by atoms with Gasteiger partial charge in [0.05, 0.1) is 21.4 Å². The molecule has 0 aliphatic rings. The van der Waals surface area contributed by atoms with Gasteiger partial charge in [0.2, 0.25) is 5.88 Å². The first-order valence-electron chi connectivity index (χ1n) is 3.29. The Kier molecular flexibility index (Phi) is 3.86. The van der Waals surface area contributed by atoms with Gasteiger partial charge < -0.3 is 4.74 Å². The van der Waals surface area contributed by atoms with Crippen molar-refractivity contribution >= 4 is 45.8 Å². The van der Waals surface area contributed by atoms with E-state index in [0.29, 0.717) is 22.5 Å². The molecule has 0 saturated carbocycles. The highest BCUT2D eigenvalue weighted by molar-refractivity contribution is 14.1. The number of rotatable bonds is 2. The fourth-order valence-corrected chi connectivity index (χ4v) is 1.43. The van der Waals surface area contributed by atoms with Gasteiger partial charge in [0, 0.05) is 0 Å². The Morgan fingerprint density at radius 2 is 2.25 bits per heavy atom. The zero-order valence-electron chi connectivity index (χ0n) is 6.27. The molecule has 1 aromatic rings. The zero-order valence-corrected chi connectivity index (χ0v) is 9.94. The molecule has 1 heterocycles. The van der Waals surface area contributed by atoms with Gasteiger partial charge in [-0.2, -0.15) is 0 Å². The topological polar surface area (TPSA) is 22.1 Å². The summed E-state index contributed by atoms with van der Waals surface area (Å²) in [6.45, 7) is 2.42. The van der Waals surface area contributed by atoms with Gasteiger partial charge in [0.1, 0.15) is 5.02 Å². The largest absolute Gasteiger partial charge is 0.477 e. The summed E-state index contributed by atoms with van der Waals surface area (Å²) in [7, 11) is 0. The monoisotopic (exact) mass is 317 g/mol. The molecule has 66 valence electrons. The van der Waals surface area contributed by atoms with Crippen molar-refractivity contribution in [3.63, 3.8) is 0 Å². The molecule has 5 heteroatoms. The summed E-state index contributed by atoms with van der Waals surface area (Å²) in [5.41, 5.74) is 0. The maximum Gasteiger partial charge on any atom is 0.233 e. The number of nitrogens with zero attached hydrogens (tertiary/aromatic N) is 1. The van der Waals surface area contributed by atoms with E-state index >= 15 is 0 Å². The highest BCUT2D eigenvalue weighted by Gasteiger charge is 2.09. The molecule has 12 heavy (non-hydrogen) atoms. The summed E-state index contributed by atoms with van der Waals surface area (Å²) in [5.74, 6) is 0.438. The number of halogens is 3. The third-order valence-corrected chi connectivity index (χ3v) is 3.56. The summed E-state index contributed by atoms with van der Waals surface area (Å²) in [6, 6.07) is 0. The minimum atomic E-state index is 0.438. The van der Waals surface area contributed by atoms with E-state index in [4.69, 9.17) is 27.9 Å². The van der Waals surface area contributed by atoms with Crippen LogP contribution in [0.4, 0.5) is 0 Å². The molecule has 0 saturated heterocycles. The minimum absolute atomic E-state index is 0.438. The van der Waals surface area contributed by atoms with E-state index < -0.39 is 0 Å². The van der Waals surface area contributed by atoms with Gasteiger partial charge in [-0.25, -0.2) is 4.98 Å². The lowest BCUT2D eigenvalue weighted by molar-refractivity contribution is 0.327. The first-order valence-corrected chi connectivity index (χ1v) is 5.12. The second-order valence-corrected chi connectivity index (χ2v) is 3.84. The zero-order chi connectivity index (χ0) is 9.14. The van der Waals surface area contributed by atoms with Gasteiger partial charge in [0.25, 0.3) is 0 Å². The fourth-order valence-electron chi connectivity index (χ4n) is 0.665. The van der Waals surface area contributed by atoms with Crippen molar-refractivity contribution in [2.45, 2.75) is 6.92 Å². The molecule has 0 N–H and O–H groups in total. The Hall–Kier alpha value is 0.260. The Balaban J connectivity index is 3.08. The number of hydrogen-bond acceptors (Lipinski definition) is 2. The molecule has 0 bridgehead atoms. The van der Waals surface area contributed by atoms with E-state index in [2.05, 4.69) is 27.6 Å². The Morgan fingerprint density at radius 1 is 1.58 bits per heavy atom. The van der Waals surface area contributed by atoms with Gasteiger partial charge in [0.15, 0.2) is 0 Å². The lowest BCUT2D eigenvalue weighted by Gasteiger charge is -2.05. The van der Waals surface area contributed by atoms with E-state index in [9.17, 15) is 0 Å². The van der Waals surface area contributed by atoms with Crippen LogP contribution in [0, 0.1) is 3.57 Å². The predicted molar refractivity (Wildman–Crippen MR) is 58.1 cm³/mol. The van der Waals surface area contributed by atoms with Gasteiger partial charge in [-0.05, 0) is 29.5 Å². The second-order valence-electron chi connectivity index (χ2n) is 1.97. The summed E-state index contributed by atoms with van der Waals surface area (Å²) < 4.78 is 5.94. The SMILES string of the molecule is CCOc1ncc(Cl)c(I)c1Cl. The molecule has 2 nitrogen and oxygen atoms in total. The minimum Gasteiger partial charge on any atom is -0.477 e. The standard InChI is InChI=1S/C7H6Cl2INO/c1-2-12-7-5(9)6(10)4(8)3-11-7/h3H,2H2,1H3. The van der Waals surface area contributed by atoms with Crippen LogP contribution < -0.4 is 4.74 Å². The van der Waals surface area contributed by atoms with Crippen molar-refractivity contribution in [3.05, 3.63) is 19.8 Å². The maximum absolute atomic E-state index is 5.90. The number of aromatic nitrogens is 1. The van der Waals surface area contributed by atoms with Crippen molar-refractivity contribution in [2.24, 2.45) is 0 Å². The van der Waals surface area contributed by atoms with E-state index in [-0.39, 0.29) is 0 Å². The van der Waals surface area contributed by atoms with Crippen LogP contribution in [0.3, 0.4) is 0 Å². The summed E-state index contributed by atoms with van der Waals surface area (Å²) in [4.78, 5) is 3.94.